The highest BCUT2D eigenvalue weighted by atomic mass is 32.2. The van der Waals surface area contributed by atoms with E-state index in [-0.39, 0.29) is 9.79 Å². The van der Waals surface area contributed by atoms with E-state index in [4.69, 9.17) is 4.42 Å². The summed E-state index contributed by atoms with van der Waals surface area (Å²) in [6, 6.07) is 8.10. The second kappa shape index (κ2) is 6.91. The second-order valence-corrected chi connectivity index (χ2v) is 9.59. The minimum Gasteiger partial charge on any atom is -0.468 e. The Morgan fingerprint density at radius 3 is 2.16 bits per heavy atom. The molecule has 0 unspecified atom stereocenters. The monoisotopic (exact) mass is 384 g/mol. The van der Waals surface area contributed by atoms with Crippen molar-refractivity contribution in [3.05, 3.63) is 48.4 Å². The summed E-state index contributed by atoms with van der Waals surface area (Å²) in [7, 11) is -7.34. The lowest BCUT2D eigenvalue weighted by Gasteiger charge is -2.16. The van der Waals surface area contributed by atoms with E-state index in [1.165, 1.54) is 34.8 Å². The summed E-state index contributed by atoms with van der Waals surface area (Å²) in [5.74, 6) is 0.497. The van der Waals surface area contributed by atoms with Gasteiger partial charge in [-0.1, -0.05) is 0 Å². The third-order valence-electron chi connectivity index (χ3n) is 4.14. The molecular weight excluding hydrogens is 364 g/mol. The maximum absolute atomic E-state index is 12.5. The van der Waals surface area contributed by atoms with Crippen LogP contribution in [0.4, 0.5) is 0 Å². The summed E-state index contributed by atoms with van der Waals surface area (Å²) in [6.45, 7) is 2.68. The van der Waals surface area contributed by atoms with Crippen molar-refractivity contribution in [1.29, 1.82) is 0 Å². The standard InChI is InChI=1S/C16H20N2O5S2/c1-13(16-5-4-12-23-16)17-24(19,20)14-6-8-15(9-7-14)25(21,22)18-10-2-3-11-18/h4-9,12-13,17H,2-3,10-11H2,1H3/t13-/m0/s1. The predicted octanol–water partition coefficient (Wildman–Crippen LogP) is 2.10. The van der Waals surface area contributed by atoms with Gasteiger partial charge in [-0.2, -0.15) is 4.31 Å². The topological polar surface area (TPSA) is 96.7 Å². The molecule has 1 saturated heterocycles. The number of rotatable bonds is 6. The van der Waals surface area contributed by atoms with Crippen molar-refractivity contribution >= 4 is 20.0 Å². The lowest BCUT2D eigenvalue weighted by molar-refractivity contribution is 0.459. The number of benzene rings is 1. The fraction of sp³-hybridized carbons (Fsp3) is 0.375. The van der Waals surface area contributed by atoms with Crippen LogP contribution in [0.1, 0.15) is 31.6 Å². The molecule has 0 amide bonds. The molecule has 0 radical (unpaired) electrons. The van der Waals surface area contributed by atoms with Crippen molar-refractivity contribution in [2.75, 3.05) is 13.1 Å². The van der Waals surface area contributed by atoms with Gasteiger partial charge in [-0.25, -0.2) is 21.6 Å². The van der Waals surface area contributed by atoms with Crippen molar-refractivity contribution in [3.63, 3.8) is 0 Å². The highest BCUT2D eigenvalue weighted by Gasteiger charge is 2.28. The minimum atomic E-state index is -3.79. The van der Waals surface area contributed by atoms with E-state index in [0.717, 1.165) is 12.8 Å². The van der Waals surface area contributed by atoms with E-state index >= 15 is 0 Å². The van der Waals surface area contributed by atoms with Crippen LogP contribution in [0.25, 0.3) is 0 Å². The van der Waals surface area contributed by atoms with Crippen molar-refractivity contribution in [2.24, 2.45) is 0 Å². The molecule has 1 fully saturated rings. The van der Waals surface area contributed by atoms with Gasteiger partial charge in [0.2, 0.25) is 20.0 Å². The third kappa shape index (κ3) is 3.79. The van der Waals surface area contributed by atoms with Crippen LogP contribution in [0.5, 0.6) is 0 Å². The molecule has 1 aromatic carbocycles. The zero-order valence-electron chi connectivity index (χ0n) is 13.8. The Bertz CT molecular complexity index is 913. The first-order valence-corrected chi connectivity index (χ1v) is 10.9. The highest BCUT2D eigenvalue weighted by molar-refractivity contribution is 7.89. The molecule has 0 saturated carbocycles. The van der Waals surface area contributed by atoms with Crippen molar-refractivity contribution in [1.82, 2.24) is 9.03 Å². The number of sulfonamides is 2. The number of hydrogen-bond acceptors (Lipinski definition) is 5. The molecule has 1 atom stereocenters. The van der Waals surface area contributed by atoms with Crippen molar-refractivity contribution in [2.45, 2.75) is 35.6 Å². The van der Waals surface area contributed by atoms with E-state index < -0.39 is 26.1 Å². The van der Waals surface area contributed by atoms with Crippen LogP contribution in [0.3, 0.4) is 0 Å². The Balaban J connectivity index is 1.79. The fourth-order valence-electron chi connectivity index (χ4n) is 2.76. The zero-order chi connectivity index (χ0) is 18.1. The Hall–Kier alpha value is -1.68. The largest absolute Gasteiger partial charge is 0.468 e. The molecule has 9 heteroatoms. The van der Waals surface area contributed by atoms with Gasteiger partial charge in [0.05, 0.1) is 22.1 Å². The van der Waals surface area contributed by atoms with Crippen LogP contribution in [0, 0.1) is 0 Å². The van der Waals surface area contributed by atoms with E-state index in [9.17, 15) is 16.8 Å². The normalized spacial score (nSPS) is 17.6. The summed E-state index contributed by atoms with van der Waals surface area (Å²) in [6.07, 6.45) is 3.17. The molecule has 1 aliphatic rings. The maximum Gasteiger partial charge on any atom is 0.243 e. The second-order valence-electron chi connectivity index (χ2n) is 5.94. The molecule has 3 rings (SSSR count). The van der Waals surface area contributed by atoms with Gasteiger partial charge >= 0.3 is 0 Å². The van der Waals surface area contributed by atoms with Gasteiger partial charge in [-0.05, 0) is 56.2 Å². The lowest BCUT2D eigenvalue weighted by Crippen LogP contribution is -2.28. The summed E-state index contributed by atoms with van der Waals surface area (Å²) in [5, 5.41) is 0. The third-order valence-corrected chi connectivity index (χ3v) is 7.61. The van der Waals surface area contributed by atoms with E-state index in [0.29, 0.717) is 18.8 Å². The first-order valence-electron chi connectivity index (χ1n) is 7.97. The Morgan fingerprint density at radius 2 is 1.60 bits per heavy atom. The Morgan fingerprint density at radius 1 is 1.00 bits per heavy atom. The van der Waals surface area contributed by atoms with Gasteiger partial charge in [-0.15, -0.1) is 0 Å². The summed E-state index contributed by atoms with van der Waals surface area (Å²) in [4.78, 5) is 0.110. The molecule has 0 bridgehead atoms. The van der Waals surface area contributed by atoms with Crippen molar-refractivity contribution in [3.8, 4) is 0 Å². The average Bonchev–Trinajstić information content (AvgIpc) is 3.28. The first kappa shape index (κ1) is 18.1. The number of furan rings is 1. The first-order chi connectivity index (χ1) is 11.8. The van der Waals surface area contributed by atoms with Gasteiger partial charge in [0.1, 0.15) is 5.76 Å². The van der Waals surface area contributed by atoms with Gasteiger partial charge < -0.3 is 4.42 Å². The van der Waals surface area contributed by atoms with Crippen LogP contribution >= 0.6 is 0 Å². The van der Waals surface area contributed by atoms with Gasteiger partial charge in [0, 0.05) is 13.1 Å². The quantitative estimate of drug-likeness (QED) is 0.823. The molecule has 1 aromatic heterocycles. The Labute approximate surface area is 147 Å². The van der Waals surface area contributed by atoms with Gasteiger partial charge in [0.15, 0.2) is 0 Å². The minimum absolute atomic E-state index is 0.00581. The smallest absolute Gasteiger partial charge is 0.243 e. The number of hydrogen-bond donors (Lipinski definition) is 1. The molecule has 0 aliphatic carbocycles. The SMILES string of the molecule is C[C@H](NS(=O)(=O)c1ccc(S(=O)(=O)N2CCCC2)cc1)c1ccco1. The van der Waals surface area contributed by atoms with Crippen LogP contribution in [0.15, 0.2) is 56.9 Å². The number of nitrogens with zero attached hydrogens (tertiary/aromatic N) is 1. The van der Waals surface area contributed by atoms with Gasteiger partial charge in [0.25, 0.3) is 0 Å². The molecule has 0 spiro atoms. The zero-order valence-corrected chi connectivity index (χ0v) is 15.4. The van der Waals surface area contributed by atoms with Crippen molar-refractivity contribution < 1.29 is 21.3 Å². The predicted molar refractivity (Wildman–Crippen MR) is 91.9 cm³/mol. The van der Waals surface area contributed by atoms with E-state index in [2.05, 4.69) is 4.72 Å². The molecular formula is C16H20N2O5S2. The summed E-state index contributed by atoms with van der Waals surface area (Å²) in [5.41, 5.74) is 0. The van der Waals surface area contributed by atoms with E-state index in [1.807, 2.05) is 0 Å². The molecule has 2 heterocycles. The Kier molecular flexibility index (Phi) is 5.01. The molecule has 1 N–H and O–H groups in total. The fourth-order valence-corrected chi connectivity index (χ4v) is 5.49. The molecule has 1 aliphatic heterocycles. The molecule has 2 aromatic rings. The van der Waals surface area contributed by atoms with Gasteiger partial charge in [-0.3, -0.25) is 0 Å². The number of nitrogens with one attached hydrogen (secondary N) is 1. The maximum atomic E-state index is 12.5. The summed E-state index contributed by atoms with van der Waals surface area (Å²) >= 11 is 0. The molecule has 25 heavy (non-hydrogen) atoms. The van der Waals surface area contributed by atoms with Crippen LogP contribution in [0.2, 0.25) is 0 Å². The molecule has 7 nitrogen and oxygen atoms in total. The molecule has 136 valence electrons. The lowest BCUT2D eigenvalue weighted by atomic mass is 10.3. The highest BCUT2D eigenvalue weighted by Crippen LogP contribution is 2.23. The van der Waals surface area contributed by atoms with Crippen LogP contribution in [-0.2, 0) is 20.0 Å². The average molecular weight is 384 g/mol. The van der Waals surface area contributed by atoms with Crippen LogP contribution < -0.4 is 4.72 Å². The van der Waals surface area contributed by atoms with E-state index in [1.54, 1.807) is 19.1 Å². The summed E-state index contributed by atoms with van der Waals surface area (Å²) < 4.78 is 59.0. The van der Waals surface area contributed by atoms with Crippen LogP contribution in [-0.4, -0.2) is 34.2 Å².